The summed E-state index contributed by atoms with van der Waals surface area (Å²) in [5.41, 5.74) is 1.58. The zero-order valence-electron chi connectivity index (χ0n) is 13.0. The Balaban J connectivity index is 1.84. The minimum atomic E-state index is -0.371. The predicted octanol–water partition coefficient (Wildman–Crippen LogP) is 4.01. The first kappa shape index (κ1) is 17.2. The van der Waals surface area contributed by atoms with Gasteiger partial charge in [-0.15, -0.1) is 0 Å². The number of hydrogen-bond donors (Lipinski definition) is 1. The Morgan fingerprint density at radius 3 is 2.42 bits per heavy atom. The van der Waals surface area contributed by atoms with E-state index >= 15 is 0 Å². The largest absolute Gasteiger partial charge is 0.379 e. The van der Waals surface area contributed by atoms with Gasteiger partial charge in [0.25, 0.3) is 0 Å². The fourth-order valence-electron chi connectivity index (χ4n) is 2.78. The number of amides is 1. The van der Waals surface area contributed by atoms with Gasteiger partial charge >= 0.3 is 0 Å². The SMILES string of the molecule is O=C(Nc1ccc(Cl)c(Cl)c1)C(c1ccccc1)N1CCOCC1. The third-order valence-corrected chi connectivity index (χ3v) is 4.70. The van der Waals surface area contributed by atoms with Gasteiger partial charge in [0.1, 0.15) is 6.04 Å². The lowest BCUT2D eigenvalue weighted by Crippen LogP contribution is -2.43. The molecule has 2 aromatic carbocycles. The molecule has 126 valence electrons. The Morgan fingerprint density at radius 2 is 1.75 bits per heavy atom. The molecule has 1 aliphatic rings. The summed E-state index contributed by atoms with van der Waals surface area (Å²) in [7, 11) is 0. The van der Waals surface area contributed by atoms with Crippen molar-refractivity contribution in [2.75, 3.05) is 31.6 Å². The predicted molar refractivity (Wildman–Crippen MR) is 96.7 cm³/mol. The molecule has 4 nitrogen and oxygen atoms in total. The summed E-state index contributed by atoms with van der Waals surface area (Å²) in [5, 5.41) is 3.82. The first-order valence-corrected chi connectivity index (χ1v) is 8.53. The molecule has 0 radical (unpaired) electrons. The van der Waals surface area contributed by atoms with Crippen molar-refractivity contribution in [3.63, 3.8) is 0 Å². The van der Waals surface area contributed by atoms with Gasteiger partial charge in [0.05, 0.1) is 23.3 Å². The fraction of sp³-hybridized carbons (Fsp3) is 0.278. The van der Waals surface area contributed by atoms with Gasteiger partial charge in [-0.3, -0.25) is 9.69 Å². The number of ether oxygens (including phenoxy) is 1. The molecule has 1 heterocycles. The maximum absolute atomic E-state index is 12.9. The van der Waals surface area contributed by atoms with E-state index in [1.807, 2.05) is 30.3 Å². The van der Waals surface area contributed by atoms with Crippen molar-refractivity contribution in [2.45, 2.75) is 6.04 Å². The second kappa shape index (κ2) is 7.99. The average Bonchev–Trinajstić information content (AvgIpc) is 2.60. The molecule has 0 aromatic heterocycles. The zero-order valence-corrected chi connectivity index (χ0v) is 14.6. The van der Waals surface area contributed by atoms with Crippen LogP contribution in [-0.4, -0.2) is 37.1 Å². The van der Waals surface area contributed by atoms with Crippen molar-refractivity contribution in [1.82, 2.24) is 4.90 Å². The highest BCUT2D eigenvalue weighted by Gasteiger charge is 2.29. The second-order valence-electron chi connectivity index (χ2n) is 5.58. The molecule has 1 amide bonds. The first-order chi connectivity index (χ1) is 11.6. The minimum absolute atomic E-state index is 0.0958. The average molecular weight is 365 g/mol. The van der Waals surface area contributed by atoms with E-state index in [4.69, 9.17) is 27.9 Å². The summed E-state index contributed by atoms with van der Waals surface area (Å²) in [5.74, 6) is -0.0958. The molecule has 1 N–H and O–H groups in total. The highest BCUT2D eigenvalue weighted by Crippen LogP contribution is 2.27. The summed E-state index contributed by atoms with van der Waals surface area (Å²) in [6.45, 7) is 2.69. The lowest BCUT2D eigenvalue weighted by Gasteiger charge is -2.33. The zero-order chi connectivity index (χ0) is 16.9. The van der Waals surface area contributed by atoms with Gasteiger partial charge in [-0.05, 0) is 23.8 Å². The molecule has 0 saturated carbocycles. The van der Waals surface area contributed by atoms with E-state index < -0.39 is 0 Å². The number of halogens is 2. The van der Waals surface area contributed by atoms with Gasteiger partial charge in [0.2, 0.25) is 5.91 Å². The van der Waals surface area contributed by atoms with Crippen LogP contribution >= 0.6 is 23.2 Å². The van der Waals surface area contributed by atoms with Crippen LogP contribution in [-0.2, 0) is 9.53 Å². The van der Waals surface area contributed by atoms with Gasteiger partial charge < -0.3 is 10.1 Å². The van der Waals surface area contributed by atoms with Crippen LogP contribution in [0.1, 0.15) is 11.6 Å². The summed E-state index contributed by atoms with van der Waals surface area (Å²) in [6, 6.07) is 14.5. The van der Waals surface area contributed by atoms with E-state index in [2.05, 4.69) is 10.2 Å². The van der Waals surface area contributed by atoms with Gasteiger partial charge in [-0.2, -0.15) is 0 Å². The maximum atomic E-state index is 12.9. The second-order valence-corrected chi connectivity index (χ2v) is 6.39. The molecule has 1 unspecified atom stereocenters. The topological polar surface area (TPSA) is 41.6 Å². The van der Waals surface area contributed by atoms with Crippen molar-refractivity contribution >= 4 is 34.8 Å². The number of nitrogens with zero attached hydrogens (tertiary/aromatic N) is 1. The Labute approximate surface area is 151 Å². The maximum Gasteiger partial charge on any atom is 0.246 e. The molecular weight excluding hydrogens is 347 g/mol. The molecule has 24 heavy (non-hydrogen) atoms. The van der Waals surface area contributed by atoms with Gasteiger partial charge in [0.15, 0.2) is 0 Å². The Morgan fingerprint density at radius 1 is 1.04 bits per heavy atom. The standard InChI is InChI=1S/C18H18Cl2N2O2/c19-15-7-6-14(12-16(15)20)21-18(23)17(13-4-2-1-3-5-13)22-8-10-24-11-9-22/h1-7,12,17H,8-11H2,(H,21,23). The van der Waals surface area contributed by atoms with Gasteiger partial charge in [0, 0.05) is 18.8 Å². The first-order valence-electron chi connectivity index (χ1n) is 7.78. The Hall–Kier alpha value is -1.59. The highest BCUT2D eigenvalue weighted by molar-refractivity contribution is 6.42. The van der Waals surface area contributed by atoms with E-state index in [0.29, 0.717) is 42.0 Å². The van der Waals surface area contributed by atoms with Crippen molar-refractivity contribution in [1.29, 1.82) is 0 Å². The number of morpholine rings is 1. The Kier molecular flexibility index (Phi) is 5.74. The summed E-state index contributed by atoms with van der Waals surface area (Å²) in [4.78, 5) is 15.1. The number of carbonyl (C=O) groups is 1. The summed E-state index contributed by atoms with van der Waals surface area (Å²) >= 11 is 12.0. The molecule has 0 bridgehead atoms. The molecule has 1 fully saturated rings. The van der Waals surface area contributed by atoms with Crippen molar-refractivity contribution < 1.29 is 9.53 Å². The number of anilines is 1. The third-order valence-electron chi connectivity index (χ3n) is 3.96. The molecule has 2 aromatic rings. The molecule has 1 atom stereocenters. The molecule has 1 saturated heterocycles. The molecule has 0 aliphatic carbocycles. The molecular formula is C18H18Cl2N2O2. The normalized spacial score (nSPS) is 16.6. The van der Waals surface area contributed by atoms with Crippen molar-refractivity contribution in [3.8, 4) is 0 Å². The van der Waals surface area contributed by atoms with E-state index in [1.165, 1.54) is 0 Å². The van der Waals surface area contributed by atoms with Crippen LogP contribution in [0, 0.1) is 0 Å². The molecule has 3 rings (SSSR count). The minimum Gasteiger partial charge on any atom is -0.379 e. The quantitative estimate of drug-likeness (QED) is 0.890. The van der Waals surface area contributed by atoms with E-state index in [-0.39, 0.29) is 11.9 Å². The smallest absolute Gasteiger partial charge is 0.246 e. The number of nitrogens with one attached hydrogen (secondary N) is 1. The number of hydrogen-bond acceptors (Lipinski definition) is 3. The summed E-state index contributed by atoms with van der Waals surface area (Å²) in [6.07, 6.45) is 0. The number of carbonyl (C=O) groups excluding carboxylic acids is 1. The van der Waals surface area contributed by atoms with Crippen LogP contribution in [0.4, 0.5) is 5.69 Å². The van der Waals surface area contributed by atoms with E-state index in [1.54, 1.807) is 18.2 Å². The lowest BCUT2D eigenvalue weighted by molar-refractivity contribution is -0.123. The number of benzene rings is 2. The van der Waals surface area contributed by atoms with Crippen LogP contribution < -0.4 is 5.32 Å². The number of rotatable bonds is 4. The van der Waals surface area contributed by atoms with Crippen LogP contribution in [0.2, 0.25) is 10.0 Å². The summed E-state index contributed by atoms with van der Waals surface area (Å²) < 4.78 is 5.41. The van der Waals surface area contributed by atoms with Gasteiger partial charge in [-0.1, -0.05) is 53.5 Å². The van der Waals surface area contributed by atoms with E-state index in [9.17, 15) is 4.79 Å². The van der Waals surface area contributed by atoms with Crippen molar-refractivity contribution in [3.05, 3.63) is 64.1 Å². The molecule has 0 spiro atoms. The lowest BCUT2D eigenvalue weighted by atomic mass is 10.0. The third kappa shape index (κ3) is 4.08. The van der Waals surface area contributed by atoms with Crippen LogP contribution in [0.5, 0.6) is 0 Å². The fourth-order valence-corrected chi connectivity index (χ4v) is 3.08. The van der Waals surface area contributed by atoms with Crippen molar-refractivity contribution in [2.24, 2.45) is 0 Å². The molecule has 6 heteroatoms. The van der Waals surface area contributed by atoms with Gasteiger partial charge in [-0.25, -0.2) is 0 Å². The monoisotopic (exact) mass is 364 g/mol. The van der Waals surface area contributed by atoms with E-state index in [0.717, 1.165) is 5.56 Å². The molecule has 1 aliphatic heterocycles. The van der Waals surface area contributed by atoms with Crippen LogP contribution in [0.3, 0.4) is 0 Å². The van der Waals surface area contributed by atoms with Crippen LogP contribution in [0.15, 0.2) is 48.5 Å². The Bertz CT molecular complexity index is 703. The van der Waals surface area contributed by atoms with Crippen LogP contribution in [0.25, 0.3) is 0 Å². The highest BCUT2D eigenvalue weighted by atomic mass is 35.5.